The summed E-state index contributed by atoms with van der Waals surface area (Å²) in [5, 5.41) is 2.77. The maximum atomic E-state index is 12.9. The van der Waals surface area contributed by atoms with Gasteiger partial charge >= 0.3 is 5.97 Å². The molecule has 0 aliphatic rings. The zero-order valence-corrected chi connectivity index (χ0v) is 19.1. The van der Waals surface area contributed by atoms with Gasteiger partial charge in [0.05, 0.1) is 0 Å². The third-order valence-electron chi connectivity index (χ3n) is 5.02. The first-order valence-corrected chi connectivity index (χ1v) is 10.9. The second-order valence-corrected chi connectivity index (χ2v) is 7.89. The minimum Gasteiger partial charge on any atom is -0.457 e. The number of nitrogens with one attached hydrogen (secondary N) is 1. The topological polar surface area (TPSA) is 81.7 Å². The molecule has 3 rings (SSSR count). The molecule has 0 heterocycles. The van der Waals surface area contributed by atoms with Gasteiger partial charge in [-0.15, -0.1) is 0 Å². The Bertz CT molecular complexity index is 1160. The number of ketones is 1. The van der Waals surface area contributed by atoms with Crippen LogP contribution in [0.3, 0.4) is 0 Å². The molecule has 3 aromatic carbocycles. The van der Waals surface area contributed by atoms with Gasteiger partial charge in [-0.1, -0.05) is 12.1 Å². The van der Waals surface area contributed by atoms with Gasteiger partial charge in [0.15, 0.2) is 12.4 Å². The number of ether oxygens (including phenoxy) is 2. The van der Waals surface area contributed by atoms with E-state index in [0.717, 1.165) is 16.9 Å². The van der Waals surface area contributed by atoms with E-state index in [1.54, 1.807) is 24.3 Å². The second-order valence-electron chi connectivity index (χ2n) is 7.89. The number of halogens is 1. The summed E-state index contributed by atoms with van der Waals surface area (Å²) in [6, 6.07) is 18.0. The number of aryl methyl sites for hydroxylation is 2. The number of hydrogen-bond donors (Lipinski definition) is 1. The summed E-state index contributed by atoms with van der Waals surface area (Å²) in [6.07, 6.45) is 0.414. The summed E-state index contributed by atoms with van der Waals surface area (Å²) < 4.78 is 23.7. The van der Waals surface area contributed by atoms with Gasteiger partial charge in [0.1, 0.15) is 17.3 Å². The van der Waals surface area contributed by atoms with Crippen molar-refractivity contribution in [2.45, 2.75) is 33.1 Å². The van der Waals surface area contributed by atoms with Gasteiger partial charge < -0.3 is 14.8 Å². The van der Waals surface area contributed by atoms with E-state index in [9.17, 15) is 18.8 Å². The molecule has 1 amide bonds. The number of Topliss-reactive ketones (excluding diaryl/α,β-unsaturated/α-hetero) is 1. The van der Waals surface area contributed by atoms with E-state index in [-0.39, 0.29) is 30.7 Å². The molecule has 1 N–H and O–H groups in total. The lowest BCUT2D eigenvalue weighted by Gasteiger charge is -2.11. The Morgan fingerprint density at radius 3 is 2.29 bits per heavy atom. The van der Waals surface area contributed by atoms with Crippen molar-refractivity contribution in [2.24, 2.45) is 0 Å². The number of hydrogen-bond acceptors (Lipinski definition) is 5. The summed E-state index contributed by atoms with van der Waals surface area (Å²) >= 11 is 0. The Balaban J connectivity index is 1.37. The molecule has 0 radical (unpaired) electrons. The van der Waals surface area contributed by atoms with Crippen LogP contribution in [0.15, 0.2) is 66.7 Å². The van der Waals surface area contributed by atoms with Gasteiger partial charge in [0.2, 0.25) is 5.91 Å². The van der Waals surface area contributed by atoms with E-state index in [4.69, 9.17) is 9.47 Å². The maximum absolute atomic E-state index is 12.9. The van der Waals surface area contributed by atoms with Crippen LogP contribution in [-0.2, 0) is 14.3 Å². The van der Waals surface area contributed by atoms with Crippen LogP contribution in [0, 0.1) is 19.7 Å². The average Bonchev–Trinajstić information content (AvgIpc) is 2.81. The quantitative estimate of drug-likeness (QED) is 0.305. The molecule has 0 aromatic heterocycles. The first kappa shape index (κ1) is 24.6. The zero-order chi connectivity index (χ0) is 24.5. The van der Waals surface area contributed by atoms with Crippen LogP contribution >= 0.6 is 0 Å². The predicted molar refractivity (Wildman–Crippen MR) is 127 cm³/mol. The molecule has 0 saturated carbocycles. The van der Waals surface area contributed by atoms with E-state index < -0.39 is 24.2 Å². The Morgan fingerprint density at radius 1 is 0.882 bits per heavy atom. The molecule has 34 heavy (non-hydrogen) atoms. The van der Waals surface area contributed by atoms with Crippen molar-refractivity contribution in [3.8, 4) is 11.5 Å². The highest BCUT2D eigenvalue weighted by Gasteiger charge is 2.11. The number of carbonyl (C=O) groups excluding carboxylic acids is 3. The van der Waals surface area contributed by atoms with Crippen LogP contribution in [0.1, 0.15) is 40.7 Å². The molecule has 3 aromatic rings. The fraction of sp³-hybridized carbons (Fsp3) is 0.222. The highest BCUT2D eigenvalue weighted by atomic mass is 19.1. The van der Waals surface area contributed by atoms with Crippen molar-refractivity contribution in [1.82, 2.24) is 0 Å². The SMILES string of the molecule is Cc1ccc(C)c(Oc2ccc(NC(=O)CCCC(=O)OCC(=O)c3ccc(F)cc3)cc2)c1. The monoisotopic (exact) mass is 463 g/mol. The molecule has 0 saturated heterocycles. The molecular formula is C27H26FNO5. The standard InChI is InChI=1S/C27H26FNO5/c1-18-6-7-19(2)25(16-18)34-23-14-12-22(13-15-23)29-26(31)4-3-5-27(32)33-17-24(30)20-8-10-21(28)11-9-20/h6-16H,3-5,17H2,1-2H3,(H,29,31). The molecule has 0 spiro atoms. The van der Waals surface area contributed by atoms with Crippen LogP contribution in [0.4, 0.5) is 10.1 Å². The molecule has 0 unspecified atom stereocenters. The molecular weight excluding hydrogens is 437 g/mol. The van der Waals surface area contributed by atoms with Gasteiger partial charge in [0.25, 0.3) is 0 Å². The van der Waals surface area contributed by atoms with Crippen molar-refractivity contribution < 1.29 is 28.2 Å². The minimum absolute atomic E-state index is 0.00669. The average molecular weight is 464 g/mol. The summed E-state index contributed by atoms with van der Waals surface area (Å²) in [7, 11) is 0. The fourth-order valence-corrected chi connectivity index (χ4v) is 3.10. The van der Waals surface area contributed by atoms with E-state index >= 15 is 0 Å². The number of amides is 1. The zero-order valence-electron chi connectivity index (χ0n) is 19.1. The fourth-order valence-electron chi connectivity index (χ4n) is 3.10. The van der Waals surface area contributed by atoms with E-state index in [2.05, 4.69) is 5.32 Å². The lowest BCUT2D eigenvalue weighted by molar-refractivity contribution is -0.142. The highest BCUT2D eigenvalue weighted by Crippen LogP contribution is 2.27. The van der Waals surface area contributed by atoms with Crippen LogP contribution in [0.2, 0.25) is 0 Å². The number of esters is 1. The molecule has 7 heteroatoms. The summed E-state index contributed by atoms with van der Waals surface area (Å²) in [5.74, 6) is -0.244. The lowest BCUT2D eigenvalue weighted by Crippen LogP contribution is -2.15. The van der Waals surface area contributed by atoms with E-state index in [1.807, 2.05) is 32.0 Å². The number of anilines is 1. The van der Waals surface area contributed by atoms with Gasteiger partial charge in [-0.05, 0) is 86.0 Å². The van der Waals surface area contributed by atoms with Crippen LogP contribution < -0.4 is 10.1 Å². The van der Waals surface area contributed by atoms with Crippen molar-refractivity contribution in [1.29, 1.82) is 0 Å². The maximum Gasteiger partial charge on any atom is 0.306 e. The second kappa shape index (κ2) is 11.7. The van der Waals surface area contributed by atoms with Gasteiger partial charge in [0, 0.05) is 24.1 Å². The van der Waals surface area contributed by atoms with Gasteiger partial charge in [-0.2, -0.15) is 0 Å². The van der Waals surface area contributed by atoms with Gasteiger partial charge in [-0.3, -0.25) is 14.4 Å². The lowest BCUT2D eigenvalue weighted by atomic mass is 10.1. The van der Waals surface area contributed by atoms with Crippen molar-refractivity contribution in [2.75, 3.05) is 11.9 Å². The Kier molecular flexibility index (Phi) is 8.51. The number of rotatable bonds is 10. The molecule has 176 valence electrons. The first-order valence-electron chi connectivity index (χ1n) is 10.9. The number of carbonyl (C=O) groups is 3. The van der Waals surface area contributed by atoms with Crippen molar-refractivity contribution >= 4 is 23.3 Å². The molecule has 0 atom stereocenters. The largest absolute Gasteiger partial charge is 0.457 e. The Morgan fingerprint density at radius 2 is 1.59 bits per heavy atom. The number of benzene rings is 3. The summed E-state index contributed by atoms with van der Waals surface area (Å²) in [5.41, 5.74) is 3.01. The molecule has 0 bridgehead atoms. The minimum atomic E-state index is -0.573. The van der Waals surface area contributed by atoms with E-state index in [0.29, 0.717) is 11.4 Å². The third kappa shape index (κ3) is 7.55. The molecule has 6 nitrogen and oxygen atoms in total. The third-order valence-corrected chi connectivity index (χ3v) is 5.02. The molecule has 0 aliphatic heterocycles. The van der Waals surface area contributed by atoms with Gasteiger partial charge in [-0.25, -0.2) is 4.39 Å². The van der Waals surface area contributed by atoms with Crippen LogP contribution in [0.5, 0.6) is 11.5 Å². The summed E-state index contributed by atoms with van der Waals surface area (Å²) in [6.45, 7) is 3.55. The van der Waals surface area contributed by atoms with Crippen molar-refractivity contribution in [3.05, 3.63) is 89.2 Å². The smallest absolute Gasteiger partial charge is 0.306 e. The van der Waals surface area contributed by atoms with Crippen LogP contribution in [0.25, 0.3) is 0 Å². The van der Waals surface area contributed by atoms with Crippen molar-refractivity contribution in [3.63, 3.8) is 0 Å². The van der Waals surface area contributed by atoms with Crippen LogP contribution in [-0.4, -0.2) is 24.3 Å². The Hall–Kier alpha value is -4.00. The van der Waals surface area contributed by atoms with E-state index in [1.165, 1.54) is 24.3 Å². The molecule has 0 aliphatic carbocycles. The predicted octanol–water partition coefficient (Wildman–Crippen LogP) is 5.77. The summed E-state index contributed by atoms with van der Waals surface area (Å²) in [4.78, 5) is 35.9. The Labute approximate surface area is 197 Å². The normalized spacial score (nSPS) is 10.4. The molecule has 0 fully saturated rings. The highest BCUT2D eigenvalue weighted by molar-refractivity contribution is 5.98. The first-order chi connectivity index (χ1) is 16.3.